The van der Waals surface area contributed by atoms with Gasteiger partial charge in [0.25, 0.3) is 0 Å². The Kier molecular flexibility index (Phi) is 2.51. The molecule has 0 unspecified atom stereocenters. The zero-order valence-corrected chi connectivity index (χ0v) is 11.5. The number of amides is 1. The number of fused-ring (bicyclic) bond motifs is 4. The first-order valence-corrected chi connectivity index (χ1v) is 7.14. The molecular formula is C16H16N2O3. The molecule has 0 bridgehead atoms. The average molecular weight is 284 g/mol. The van der Waals surface area contributed by atoms with Crippen molar-refractivity contribution in [2.75, 3.05) is 13.1 Å². The second kappa shape index (κ2) is 4.28. The van der Waals surface area contributed by atoms with Gasteiger partial charge in [-0.05, 0) is 24.3 Å². The number of benzene rings is 1. The average Bonchev–Trinajstić information content (AvgIpc) is 2.99. The number of para-hydroxylation sites is 2. The number of ether oxygens (including phenoxy) is 1. The van der Waals surface area contributed by atoms with Crippen LogP contribution in [0, 0.1) is 0 Å². The van der Waals surface area contributed by atoms with Gasteiger partial charge in [0.2, 0.25) is 0 Å². The summed E-state index contributed by atoms with van der Waals surface area (Å²) in [5, 5.41) is 9.12. The Labute approximate surface area is 122 Å². The maximum absolute atomic E-state index is 11.1. The van der Waals surface area contributed by atoms with E-state index in [1.807, 2.05) is 36.5 Å². The lowest BCUT2D eigenvalue weighted by atomic mass is 9.86. The highest BCUT2D eigenvalue weighted by Gasteiger charge is 2.44. The predicted octanol–water partition coefficient (Wildman–Crippen LogP) is 2.84. The van der Waals surface area contributed by atoms with E-state index in [-0.39, 0.29) is 0 Å². The molecule has 4 rings (SSSR count). The SMILES string of the molecule is O=C(O)N1CCC2(CC1)Oc1ccccc1-n1cccc12. The van der Waals surface area contributed by atoms with E-state index in [2.05, 4.69) is 10.6 Å². The minimum Gasteiger partial charge on any atom is -0.479 e. The molecule has 0 radical (unpaired) electrons. The standard InChI is InChI=1S/C16H16N2O3/c19-15(20)17-10-7-16(8-11-17)14-6-3-9-18(14)12-4-1-2-5-13(12)21-16/h1-6,9H,7-8,10-11H2,(H,19,20). The fourth-order valence-corrected chi connectivity index (χ4v) is 3.38. The van der Waals surface area contributed by atoms with Crippen LogP contribution in [0.1, 0.15) is 18.5 Å². The van der Waals surface area contributed by atoms with E-state index in [0.29, 0.717) is 25.9 Å². The Morgan fingerprint density at radius 3 is 2.67 bits per heavy atom. The third kappa shape index (κ3) is 1.73. The number of aromatic nitrogens is 1. The van der Waals surface area contributed by atoms with Crippen LogP contribution in [0.2, 0.25) is 0 Å². The van der Waals surface area contributed by atoms with Crippen molar-refractivity contribution in [3.63, 3.8) is 0 Å². The van der Waals surface area contributed by atoms with Crippen molar-refractivity contribution in [2.45, 2.75) is 18.4 Å². The Morgan fingerprint density at radius 1 is 1.14 bits per heavy atom. The molecule has 0 atom stereocenters. The molecule has 5 nitrogen and oxygen atoms in total. The number of hydrogen-bond donors (Lipinski definition) is 1. The molecular weight excluding hydrogens is 268 g/mol. The first kappa shape index (κ1) is 12.3. The van der Waals surface area contributed by atoms with E-state index in [0.717, 1.165) is 17.1 Å². The summed E-state index contributed by atoms with van der Waals surface area (Å²) in [5.74, 6) is 0.866. The van der Waals surface area contributed by atoms with Crippen molar-refractivity contribution in [1.82, 2.24) is 9.47 Å². The molecule has 21 heavy (non-hydrogen) atoms. The first-order valence-electron chi connectivity index (χ1n) is 7.14. The van der Waals surface area contributed by atoms with Gasteiger partial charge in [-0.2, -0.15) is 0 Å². The van der Waals surface area contributed by atoms with Crippen LogP contribution in [0.25, 0.3) is 5.69 Å². The highest BCUT2D eigenvalue weighted by atomic mass is 16.5. The molecule has 5 heteroatoms. The van der Waals surface area contributed by atoms with Crippen molar-refractivity contribution in [1.29, 1.82) is 0 Å². The summed E-state index contributed by atoms with van der Waals surface area (Å²) in [6.45, 7) is 1.01. The molecule has 3 heterocycles. The monoisotopic (exact) mass is 284 g/mol. The third-order valence-corrected chi connectivity index (χ3v) is 4.49. The van der Waals surface area contributed by atoms with E-state index in [9.17, 15) is 4.79 Å². The van der Waals surface area contributed by atoms with Gasteiger partial charge in [-0.25, -0.2) is 4.79 Å². The smallest absolute Gasteiger partial charge is 0.407 e. The van der Waals surface area contributed by atoms with Crippen LogP contribution >= 0.6 is 0 Å². The number of likely N-dealkylation sites (tertiary alicyclic amines) is 1. The number of piperidine rings is 1. The Balaban J connectivity index is 1.75. The second-order valence-electron chi connectivity index (χ2n) is 5.60. The molecule has 0 aliphatic carbocycles. The normalized spacial score (nSPS) is 18.8. The molecule has 1 amide bonds. The van der Waals surface area contributed by atoms with E-state index >= 15 is 0 Å². The van der Waals surface area contributed by atoms with Crippen LogP contribution in [0.3, 0.4) is 0 Å². The fraction of sp³-hybridized carbons (Fsp3) is 0.312. The zero-order valence-electron chi connectivity index (χ0n) is 11.5. The van der Waals surface area contributed by atoms with E-state index in [4.69, 9.17) is 9.84 Å². The maximum atomic E-state index is 11.1. The molecule has 108 valence electrons. The molecule has 1 fully saturated rings. The van der Waals surface area contributed by atoms with Gasteiger partial charge in [-0.15, -0.1) is 0 Å². The van der Waals surface area contributed by atoms with E-state index < -0.39 is 11.7 Å². The second-order valence-corrected chi connectivity index (χ2v) is 5.60. The van der Waals surface area contributed by atoms with Crippen LogP contribution in [-0.2, 0) is 5.60 Å². The van der Waals surface area contributed by atoms with Crippen molar-refractivity contribution >= 4 is 6.09 Å². The van der Waals surface area contributed by atoms with Gasteiger partial charge in [0.15, 0.2) is 5.60 Å². The molecule has 2 aliphatic heterocycles. The minimum absolute atomic E-state index is 0.413. The topological polar surface area (TPSA) is 54.7 Å². The van der Waals surface area contributed by atoms with Gasteiger partial charge >= 0.3 is 6.09 Å². The molecule has 1 N–H and O–H groups in total. The van der Waals surface area contributed by atoms with E-state index in [1.165, 1.54) is 4.90 Å². The van der Waals surface area contributed by atoms with Gasteiger partial charge in [-0.3, -0.25) is 0 Å². The van der Waals surface area contributed by atoms with Gasteiger partial charge in [-0.1, -0.05) is 12.1 Å². The summed E-state index contributed by atoms with van der Waals surface area (Å²) in [4.78, 5) is 12.6. The number of rotatable bonds is 0. The van der Waals surface area contributed by atoms with Gasteiger partial charge in [0, 0.05) is 32.1 Å². The number of carboxylic acid groups (broad SMARTS) is 1. The summed E-state index contributed by atoms with van der Waals surface area (Å²) >= 11 is 0. The molecule has 1 spiro atoms. The lowest BCUT2D eigenvalue weighted by Gasteiger charge is -2.44. The van der Waals surface area contributed by atoms with Crippen LogP contribution in [0.15, 0.2) is 42.6 Å². The molecule has 2 aromatic rings. The molecule has 0 saturated carbocycles. The summed E-state index contributed by atoms with van der Waals surface area (Å²) < 4.78 is 8.49. The molecule has 2 aliphatic rings. The fourth-order valence-electron chi connectivity index (χ4n) is 3.38. The third-order valence-electron chi connectivity index (χ3n) is 4.49. The van der Waals surface area contributed by atoms with Crippen molar-refractivity contribution in [3.05, 3.63) is 48.3 Å². The lowest BCUT2D eigenvalue weighted by Crippen LogP contribution is -2.49. The Morgan fingerprint density at radius 2 is 1.90 bits per heavy atom. The summed E-state index contributed by atoms with van der Waals surface area (Å²) in [7, 11) is 0. The van der Waals surface area contributed by atoms with Gasteiger partial charge in [0.1, 0.15) is 5.75 Å². The van der Waals surface area contributed by atoms with Crippen LogP contribution < -0.4 is 4.74 Å². The minimum atomic E-state index is -0.851. The molecule has 1 saturated heterocycles. The number of nitrogens with zero attached hydrogens (tertiary/aromatic N) is 2. The van der Waals surface area contributed by atoms with Crippen LogP contribution in [0.5, 0.6) is 5.75 Å². The predicted molar refractivity (Wildman–Crippen MR) is 76.9 cm³/mol. The summed E-state index contributed by atoms with van der Waals surface area (Å²) in [6, 6.07) is 12.1. The Hall–Kier alpha value is -2.43. The van der Waals surface area contributed by atoms with Crippen LogP contribution in [0.4, 0.5) is 4.79 Å². The maximum Gasteiger partial charge on any atom is 0.407 e. The van der Waals surface area contributed by atoms with E-state index in [1.54, 1.807) is 0 Å². The van der Waals surface area contributed by atoms with Gasteiger partial charge < -0.3 is 19.3 Å². The Bertz CT molecular complexity index is 699. The van der Waals surface area contributed by atoms with Crippen LogP contribution in [-0.4, -0.2) is 33.8 Å². The summed E-state index contributed by atoms with van der Waals surface area (Å²) in [5.41, 5.74) is 1.75. The van der Waals surface area contributed by atoms with Gasteiger partial charge in [0.05, 0.1) is 11.4 Å². The van der Waals surface area contributed by atoms with Crippen molar-refractivity contribution in [2.24, 2.45) is 0 Å². The van der Waals surface area contributed by atoms with Crippen molar-refractivity contribution < 1.29 is 14.6 Å². The zero-order chi connectivity index (χ0) is 14.4. The lowest BCUT2D eigenvalue weighted by molar-refractivity contribution is -0.00891. The number of hydrogen-bond acceptors (Lipinski definition) is 2. The first-order chi connectivity index (χ1) is 10.2. The van der Waals surface area contributed by atoms with Crippen molar-refractivity contribution in [3.8, 4) is 11.4 Å². The molecule has 1 aromatic heterocycles. The highest BCUT2D eigenvalue weighted by Crippen LogP contribution is 2.44. The molecule has 1 aromatic carbocycles. The largest absolute Gasteiger partial charge is 0.479 e. The summed E-state index contributed by atoms with van der Waals surface area (Å²) in [6.07, 6.45) is 2.55. The number of carbonyl (C=O) groups is 1. The highest BCUT2D eigenvalue weighted by molar-refractivity contribution is 5.65. The quantitative estimate of drug-likeness (QED) is 0.809.